The standard InChI is InChI=1S/C11H21NS/c1-3-4-5-6-7-8-9-11(2)12-10-13/h11H,3-9H2,1-2H3. The molecular formula is C11H21NS. The van der Waals surface area contributed by atoms with Crippen LogP contribution in [0.15, 0.2) is 4.99 Å². The largest absolute Gasteiger partial charge is 0.229 e. The van der Waals surface area contributed by atoms with Crippen LogP contribution in [0.1, 0.15) is 58.8 Å². The van der Waals surface area contributed by atoms with Gasteiger partial charge in [0.1, 0.15) is 0 Å². The molecule has 13 heavy (non-hydrogen) atoms. The molecule has 2 heteroatoms. The van der Waals surface area contributed by atoms with Crippen molar-refractivity contribution in [2.75, 3.05) is 0 Å². The van der Waals surface area contributed by atoms with Gasteiger partial charge >= 0.3 is 0 Å². The highest BCUT2D eigenvalue weighted by molar-refractivity contribution is 7.78. The van der Waals surface area contributed by atoms with Crippen LogP contribution < -0.4 is 0 Å². The van der Waals surface area contributed by atoms with Crippen LogP contribution in [-0.4, -0.2) is 11.2 Å². The van der Waals surface area contributed by atoms with Gasteiger partial charge in [0.15, 0.2) is 0 Å². The van der Waals surface area contributed by atoms with E-state index in [0.29, 0.717) is 6.04 Å². The fourth-order valence-electron chi connectivity index (χ4n) is 1.37. The van der Waals surface area contributed by atoms with Crippen molar-refractivity contribution in [3.8, 4) is 0 Å². The van der Waals surface area contributed by atoms with Gasteiger partial charge in [-0.15, -0.1) is 0 Å². The van der Waals surface area contributed by atoms with Crippen molar-refractivity contribution in [1.29, 1.82) is 0 Å². The molecule has 0 aromatic rings. The van der Waals surface area contributed by atoms with E-state index in [9.17, 15) is 0 Å². The number of unbranched alkanes of at least 4 members (excludes halogenated alkanes) is 5. The summed E-state index contributed by atoms with van der Waals surface area (Å²) in [5.41, 5.74) is 0. The third-order valence-electron chi connectivity index (χ3n) is 2.25. The monoisotopic (exact) mass is 199 g/mol. The number of hydrogen-bond donors (Lipinski definition) is 0. The third-order valence-corrected chi connectivity index (χ3v) is 2.35. The minimum Gasteiger partial charge on any atom is -0.229 e. The Morgan fingerprint density at radius 1 is 1.15 bits per heavy atom. The average Bonchev–Trinajstić information content (AvgIpc) is 2.11. The molecule has 0 amide bonds. The molecule has 0 bridgehead atoms. The lowest BCUT2D eigenvalue weighted by Crippen LogP contribution is -1.96. The SMILES string of the molecule is CCCCCCCCC(C)N=C=S. The Kier molecular flexibility index (Phi) is 9.73. The van der Waals surface area contributed by atoms with Gasteiger partial charge in [0.25, 0.3) is 0 Å². The van der Waals surface area contributed by atoms with Crippen LogP contribution in [0.2, 0.25) is 0 Å². The average molecular weight is 199 g/mol. The quantitative estimate of drug-likeness (QED) is 0.324. The predicted molar refractivity (Wildman–Crippen MR) is 62.5 cm³/mol. The summed E-state index contributed by atoms with van der Waals surface area (Å²) in [5.74, 6) is 0. The molecule has 0 rings (SSSR count). The maximum atomic E-state index is 4.55. The minimum absolute atomic E-state index is 0.378. The Morgan fingerprint density at radius 3 is 2.38 bits per heavy atom. The highest BCUT2D eigenvalue weighted by atomic mass is 32.1. The van der Waals surface area contributed by atoms with Crippen molar-refractivity contribution >= 4 is 17.4 Å². The lowest BCUT2D eigenvalue weighted by atomic mass is 10.1. The summed E-state index contributed by atoms with van der Waals surface area (Å²) in [5, 5.41) is 2.44. The first-order chi connectivity index (χ1) is 6.31. The fourth-order valence-corrected chi connectivity index (χ4v) is 1.55. The number of thiocarbonyl (C=S) groups is 1. The highest BCUT2D eigenvalue weighted by Gasteiger charge is 1.97. The predicted octanol–water partition coefficient (Wildman–Crippen LogP) is 4.23. The van der Waals surface area contributed by atoms with E-state index in [1.807, 2.05) is 0 Å². The molecule has 0 fully saturated rings. The van der Waals surface area contributed by atoms with E-state index >= 15 is 0 Å². The summed E-state index contributed by atoms with van der Waals surface area (Å²) in [4.78, 5) is 4.02. The number of nitrogens with zero attached hydrogens (tertiary/aromatic N) is 1. The molecule has 1 nitrogen and oxygen atoms in total. The Balaban J connectivity index is 3.11. The third kappa shape index (κ3) is 9.72. The summed E-state index contributed by atoms with van der Waals surface area (Å²) in [6, 6.07) is 0.378. The lowest BCUT2D eigenvalue weighted by molar-refractivity contribution is 0.556. The van der Waals surface area contributed by atoms with E-state index in [0.717, 1.165) is 6.42 Å². The molecule has 0 aliphatic rings. The van der Waals surface area contributed by atoms with Gasteiger partial charge < -0.3 is 0 Å². The van der Waals surface area contributed by atoms with Crippen LogP contribution in [0.3, 0.4) is 0 Å². The first kappa shape index (κ1) is 12.8. The summed E-state index contributed by atoms with van der Waals surface area (Å²) >= 11 is 4.55. The fraction of sp³-hybridized carbons (Fsp3) is 0.909. The van der Waals surface area contributed by atoms with E-state index in [1.165, 1.54) is 38.5 Å². The molecule has 76 valence electrons. The van der Waals surface area contributed by atoms with Crippen molar-refractivity contribution < 1.29 is 0 Å². The second kappa shape index (κ2) is 9.88. The molecule has 0 aromatic carbocycles. The zero-order valence-electron chi connectivity index (χ0n) is 8.88. The van der Waals surface area contributed by atoms with Crippen LogP contribution in [0.4, 0.5) is 0 Å². The Bertz CT molecular complexity index is 150. The van der Waals surface area contributed by atoms with Crippen molar-refractivity contribution in [2.24, 2.45) is 4.99 Å². The first-order valence-electron chi connectivity index (χ1n) is 5.38. The van der Waals surface area contributed by atoms with E-state index in [1.54, 1.807) is 0 Å². The van der Waals surface area contributed by atoms with Gasteiger partial charge in [-0.05, 0) is 25.6 Å². The topological polar surface area (TPSA) is 12.4 Å². The van der Waals surface area contributed by atoms with Crippen molar-refractivity contribution in [2.45, 2.75) is 64.8 Å². The van der Waals surface area contributed by atoms with Crippen LogP contribution in [-0.2, 0) is 0 Å². The summed E-state index contributed by atoms with van der Waals surface area (Å²) in [7, 11) is 0. The minimum atomic E-state index is 0.378. The van der Waals surface area contributed by atoms with Gasteiger partial charge in [0.05, 0.1) is 11.2 Å². The zero-order chi connectivity index (χ0) is 9.94. The van der Waals surface area contributed by atoms with Gasteiger partial charge in [-0.1, -0.05) is 45.4 Å². The Labute approximate surface area is 87.6 Å². The Hall–Kier alpha value is -0.200. The molecule has 0 radical (unpaired) electrons. The number of aliphatic imine (C=N–C) groups is 1. The van der Waals surface area contributed by atoms with Gasteiger partial charge in [-0.25, -0.2) is 4.99 Å². The molecule has 0 saturated heterocycles. The molecule has 0 aliphatic heterocycles. The summed E-state index contributed by atoms with van der Waals surface area (Å²) in [6.45, 7) is 4.35. The molecule has 0 N–H and O–H groups in total. The molecule has 1 atom stereocenters. The van der Waals surface area contributed by atoms with Gasteiger partial charge in [-0.3, -0.25) is 0 Å². The van der Waals surface area contributed by atoms with E-state index in [2.05, 4.69) is 36.2 Å². The normalized spacial score (nSPS) is 12.2. The van der Waals surface area contributed by atoms with E-state index in [4.69, 9.17) is 0 Å². The van der Waals surface area contributed by atoms with Crippen molar-refractivity contribution in [1.82, 2.24) is 0 Å². The smallest absolute Gasteiger partial charge is 0.0587 e. The van der Waals surface area contributed by atoms with Crippen molar-refractivity contribution in [3.63, 3.8) is 0 Å². The number of hydrogen-bond acceptors (Lipinski definition) is 2. The molecule has 1 unspecified atom stereocenters. The maximum Gasteiger partial charge on any atom is 0.0587 e. The molecule has 0 saturated carbocycles. The maximum absolute atomic E-state index is 4.55. The van der Waals surface area contributed by atoms with Crippen LogP contribution in [0, 0.1) is 0 Å². The van der Waals surface area contributed by atoms with Gasteiger partial charge in [0, 0.05) is 0 Å². The highest BCUT2D eigenvalue weighted by Crippen LogP contribution is 2.09. The second-order valence-electron chi connectivity index (χ2n) is 3.63. The van der Waals surface area contributed by atoms with Gasteiger partial charge in [0.2, 0.25) is 0 Å². The van der Waals surface area contributed by atoms with E-state index in [-0.39, 0.29) is 0 Å². The zero-order valence-corrected chi connectivity index (χ0v) is 9.70. The van der Waals surface area contributed by atoms with Crippen molar-refractivity contribution in [3.05, 3.63) is 0 Å². The summed E-state index contributed by atoms with van der Waals surface area (Å²) in [6.07, 6.45) is 9.26. The number of isothiocyanates is 1. The number of rotatable bonds is 8. The lowest BCUT2D eigenvalue weighted by Gasteiger charge is -2.03. The molecule has 0 aromatic heterocycles. The second-order valence-corrected chi connectivity index (χ2v) is 3.81. The molecule has 0 heterocycles. The van der Waals surface area contributed by atoms with E-state index < -0.39 is 0 Å². The van der Waals surface area contributed by atoms with Crippen LogP contribution >= 0.6 is 12.2 Å². The van der Waals surface area contributed by atoms with Crippen LogP contribution in [0.25, 0.3) is 0 Å². The summed E-state index contributed by atoms with van der Waals surface area (Å²) < 4.78 is 0. The molecule has 0 aliphatic carbocycles. The Morgan fingerprint density at radius 2 is 1.77 bits per heavy atom. The first-order valence-corrected chi connectivity index (χ1v) is 5.79. The van der Waals surface area contributed by atoms with Crippen LogP contribution in [0.5, 0.6) is 0 Å². The molecular weight excluding hydrogens is 178 g/mol. The van der Waals surface area contributed by atoms with Gasteiger partial charge in [-0.2, -0.15) is 0 Å². The molecule has 0 spiro atoms.